The third kappa shape index (κ3) is 2.90. The predicted octanol–water partition coefficient (Wildman–Crippen LogP) is 3.90. The van der Waals surface area contributed by atoms with Gasteiger partial charge in [-0.1, -0.05) is 42.5 Å². The maximum atomic E-state index is 14.0. The fraction of sp³-hybridized carbons (Fsp3) is 0.381. The van der Waals surface area contributed by atoms with E-state index in [1.165, 1.54) is 6.07 Å². The Labute approximate surface area is 152 Å². The number of carbonyl (C=O) groups is 1. The predicted molar refractivity (Wildman–Crippen MR) is 95.3 cm³/mol. The second-order valence-electron chi connectivity index (χ2n) is 7.20. The quantitative estimate of drug-likeness (QED) is 0.829. The second kappa shape index (κ2) is 6.80. The van der Waals surface area contributed by atoms with Crippen LogP contribution in [0.4, 0.5) is 8.78 Å². The van der Waals surface area contributed by atoms with Crippen molar-refractivity contribution in [2.75, 3.05) is 6.54 Å². The van der Waals surface area contributed by atoms with Gasteiger partial charge in [0.15, 0.2) is 11.6 Å². The number of hydrogen-bond donors (Lipinski definition) is 0. The number of carbonyl (C=O) groups excluding carboxylic acids is 1. The minimum atomic E-state index is -0.819. The fourth-order valence-electron chi connectivity index (χ4n) is 4.44. The Hall–Kier alpha value is -2.27. The van der Waals surface area contributed by atoms with Crippen LogP contribution in [0.25, 0.3) is 0 Å². The highest BCUT2D eigenvalue weighted by Gasteiger charge is 2.48. The number of likely N-dealkylation sites (tertiary alicyclic amines) is 2. The molecule has 0 spiro atoms. The van der Waals surface area contributed by atoms with Crippen molar-refractivity contribution in [2.45, 2.75) is 44.4 Å². The molecule has 0 bridgehead atoms. The molecule has 5 heteroatoms. The van der Waals surface area contributed by atoms with Gasteiger partial charge in [0.05, 0.1) is 6.04 Å². The highest BCUT2D eigenvalue weighted by atomic mass is 19.2. The molecule has 0 aliphatic carbocycles. The first-order valence-corrected chi connectivity index (χ1v) is 9.09. The van der Waals surface area contributed by atoms with Crippen LogP contribution in [-0.4, -0.2) is 34.3 Å². The Morgan fingerprint density at radius 3 is 2.62 bits per heavy atom. The third-order valence-corrected chi connectivity index (χ3v) is 5.76. The zero-order valence-electron chi connectivity index (χ0n) is 14.7. The first kappa shape index (κ1) is 17.2. The molecule has 0 aromatic heterocycles. The molecule has 2 aliphatic rings. The number of rotatable bonds is 4. The van der Waals surface area contributed by atoms with E-state index in [1.54, 1.807) is 6.07 Å². The summed E-state index contributed by atoms with van der Waals surface area (Å²) in [7, 11) is 0. The van der Waals surface area contributed by atoms with Gasteiger partial charge in [0.2, 0.25) is 5.91 Å². The molecule has 4 rings (SSSR count). The Morgan fingerprint density at radius 2 is 1.85 bits per heavy atom. The molecule has 136 valence electrons. The van der Waals surface area contributed by atoms with Gasteiger partial charge in [-0.2, -0.15) is 0 Å². The number of hydrogen-bond acceptors (Lipinski definition) is 2. The van der Waals surface area contributed by atoms with E-state index in [0.717, 1.165) is 24.6 Å². The molecule has 0 saturated carbocycles. The number of halogens is 2. The minimum Gasteiger partial charge on any atom is -0.331 e. The summed E-state index contributed by atoms with van der Waals surface area (Å²) in [6.45, 7) is 3.19. The lowest BCUT2D eigenvalue weighted by Crippen LogP contribution is -2.38. The molecule has 26 heavy (non-hydrogen) atoms. The molecule has 3 atom stereocenters. The van der Waals surface area contributed by atoms with Gasteiger partial charge >= 0.3 is 0 Å². The summed E-state index contributed by atoms with van der Waals surface area (Å²) in [6.07, 6.45) is 1.31. The third-order valence-electron chi connectivity index (χ3n) is 5.76. The molecular weight excluding hydrogens is 334 g/mol. The molecule has 2 aromatic carbocycles. The van der Waals surface area contributed by atoms with Crippen LogP contribution in [0.15, 0.2) is 48.5 Å². The van der Waals surface area contributed by atoms with Gasteiger partial charge in [-0.3, -0.25) is 9.69 Å². The van der Waals surface area contributed by atoms with Gasteiger partial charge < -0.3 is 4.90 Å². The van der Waals surface area contributed by atoms with E-state index in [2.05, 4.69) is 11.8 Å². The van der Waals surface area contributed by atoms with Gasteiger partial charge in [-0.05, 0) is 25.0 Å². The van der Waals surface area contributed by atoms with Crippen LogP contribution in [0.1, 0.15) is 36.9 Å². The van der Waals surface area contributed by atoms with Crippen LogP contribution in [0.2, 0.25) is 0 Å². The number of benzene rings is 2. The summed E-state index contributed by atoms with van der Waals surface area (Å²) in [5, 5.41) is 0. The summed E-state index contributed by atoms with van der Waals surface area (Å²) >= 11 is 0. The fourth-order valence-corrected chi connectivity index (χ4v) is 4.44. The van der Waals surface area contributed by atoms with Crippen LogP contribution in [-0.2, 0) is 11.3 Å². The molecule has 2 aliphatic heterocycles. The van der Waals surface area contributed by atoms with Crippen LogP contribution in [0.5, 0.6) is 0 Å². The Bertz CT molecular complexity index is 811. The maximum absolute atomic E-state index is 14.0. The van der Waals surface area contributed by atoms with Gasteiger partial charge in [-0.25, -0.2) is 8.78 Å². The van der Waals surface area contributed by atoms with Gasteiger partial charge in [0.1, 0.15) is 0 Å². The molecule has 2 aromatic rings. The summed E-state index contributed by atoms with van der Waals surface area (Å²) in [4.78, 5) is 16.8. The topological polar surface area (TPSA) is 23.6 Å². The molecule has 1 amide bonds. The minimum absolute atomic E-state index is 0.0181. The highest BCUT2D eigenvalue weighted by molar-refractivity contribution is 5.80. The van der Waals surface area contributed by atoms with E-state index in [4.69, 9.17) is 0 Å². The average Bonchev–Trinajstić information content (AvgIpc) is 3.17. The van der Waals surface area contributed by atoms with Crippen molar-refractivity contribution in [2.24, 2.45) is 0 Å². The van der Waals surface area contributed by atoms with E-state index in [9.17, 15) is 13.6 Å². The van der Waals surface area contributed by atoms with Crippen molar-refractivity contribution in [3.63, 3.8) is 0 Å². The number of amides is 1. The van der Waals surface area contributed by atoms with E-state index in [0.29, 0.717) is 18.5 Å². The van der Waals surface area contributed by atoms with Crippen molar-refractivity contribution in [1.82, 2.24) is 9.80 Å². The van der Waals surface area contributed by atoms with E-state index < -0.39 is 11.6 Å². The van der Waals surface area contributed by atoms with Crippen molar-refractivity contribution < 1.29 is 13.6 Å². The molecule has 1 unspecified atom stereocenters. The Balaban J connectivity index is 1.53. The zero-order valence-corrected chi connectivity index (χ0v) is 14.7. The van der Waals surface area contributed by atoms with E-state index in [1.807, 2.05) is 35.2 Å². The largest absolute Gasteiger partial charge is 0.331 e. The SMILES string of the molecule is CC(c1ccccc1)N1C(=O)C[C@H]2[C@@H]1CCN2Cc1cccc(F)c1F. The molecule has 2 fully saturated rings. The molecule has 2 saturated heterocycles. The zero-order chi connectivity index (χ0) is 18.3. The maximum Gasteiger partial charge on any atom is 0.225 e. The first-order valence-electron chi connectivity index (χ1n) is 9.09. The molecule has 0 radical (unpaired) electrons. The van der Waals surface area contributed by atoms with E-state index in [-0.39, 0.29) is 24.0 Å². The van der Waals surface area contributed by atoms with E-state index >= 15 is 0 Å². The molecule has 0 N–H and O–H groups in total. The first-order chi connectivity index (χ1) is 12.6. The Morgan fingerprint density at radius 1 is 1.08 bits per heavy atom. The summed E-state index contributed by atoms with van der Waals surface area (Å²) in [6, 6.07) is 14.5. The molecule has 3 nitrogen and oxygen atoms in total. The average molecular weight is 356 g/mol. The van der Waals surface area contributed by atoms with Crippen LogP contribution >= 0.6 is 0 Å². The number of nitrogens with zero attached hydrogens (tertiary/aromatic N) is 2. The molecule has 2 heterocycles. The van der Waals surface area contributed by atoms with Crippen molar-refractivity contribution in [3.05, 3.63) is 71.3 Å². The van der Waals surface area contributed by atoms with Crippen LogP contribution < -0.4 is 0 Å². The van der Waals surface area contributed by atoms with Crippen LogP contribution in [0.3, 0.4) is 0 Å². The van der Waals surface area contributed by atoms with Crippen LogP contribution in [0, 0.1) is 11.6 Å². The van der Waals surface area contributed by atoms with Crippen molar-refractivity contribution in [3.8, 4) is 0 Å². The lowest BCUT2D eigenvalue weighted by atomic mass is 10.0. The molecular formula is C21H22F2N2O. The number of fused-ring (bicyclic) bond motifs is 1. The van der Waals surface area contributed by atoms with Crippen molar-refractivity contribution in [1.29, 1.82) is 0 Å². The normalized spacial score (nSPS) is 24.1. The lowest BCUT2D eigenvalue weighted by molar-refractivity contribution is -0.131. The smallest absolute Gasteiger partial charge is 0.225 e. The second-order valence-corrected chi connectivity index (χ2v) is 7.20. The van der Waals surface area contributed by atoms with Gasteiger partial charge in [-0.15, -0.1) is 0 Å². The van der Waals surface area contributed by atoms with Gasteiger partial charge in [0, 0.05) is 37.2 Å². The summed E-state index contributed by atoms with van der Waals surface area (Å²) < 4.78 is 27.5. The standard InChI is InChI=1S/C21H22F2N2O/c1-14(15-6-3-2-4-7-15)25-18-10-11-24(19(18)12-20(25)26)13-16-8-5-9-17(22)21(16)23/h2-9,14,18-19H,10-13H2,1H3/t14?,18-,19-/m0/s1. The Kier molecular flexibility index (Phi) is 4.49. The lowest BCUT2D eigenvalue weighted by Gasteiger charge is -2.31. The van der Waals surface area contributed by atoms with Crippen molar-refractivity contribution >= 4 is 5.91 Å². The summed E-state index contributed by atoms with van der Waals surface area (Å²) in [5.41, 5.74) is 1.48. The summed E-state index contributed by atoms with van der Waals surface area (Å²) in [5.74, 6) is -1.46. The monoisotopic (exact) mass is 356 g/mol. The van der Waals surface area contributed by atoms with Gasteiger partial charge in [0.25, 0.3) is 0 Å². The highest BCUT2D eigenvalue weighted by Crippen LogP contribution is 2.38.